The molecule has 19 heavy (non-hydrogen) atoms. The van der Waals surface area contributed by atoms with Gasteiger partial charge in [-0.2, -0.15) is 0 Å². The highest BCUT2D eigenvalue weighted by molar-refractivity contribution is 5.83. The van der Waals surface area contributed by atoms with Crippen LogP contribution in [0.5, 0.6) is 0 Å². The number of halogens is 2. The van der Waals surface area contributed by atoms with E-state index in [1.807, 2.05) is 0 Å². The van der Waals surface area contributed by atoms with Crippen LogP contribution in [-0.4, -0.2) is 5.78 Å². The maximum Gasteiger partial charge on any atom is 0.159 e. The minimum Gasteiger partial charge on any atom is -0.299 e. The SMILES string of the molecule is CCC1CCCCC1C(=O)Cc1ccc(F)c(F)c1. The highest BCUT2D eigenvalue weighted by Crippen LogP contribution is 2.33. The number of ketones is 1. The molecule has 0 aliphatic heterocycles. The Hall–Kier alpha value is -1.25. The van der Waals surface area contributed by atoms with Crippen LogP contribution in [0.15, 0.2) is 18.2 Å². The van der Waals surface area contributed by atoms with E-state index < -0.39 is 11.6 Å². The predicted molar refractivity (Wildman–Crippen MR) is 70.8 cm³/mol. The Morgan fingerprint density at radius 3 is 2.63 bits per heavy atom. The Balaban J connectivity index is 2.05. The molecule has 0 aromatic heterocycles. The molecule has 0 N–H and O–H groups in total. The maximum atomic E-state index is 13.1. The summed E-state index contributed by atoms with van der Waals surface area (Å²) in [4.78, 5) is 12.3. The van der Waals surface area contributed by atoms with Crippen molar-refractivity contribution in [3.63, 3.8) is 0 Å². The second-order valence-corrected chi connectivity index (χ2v) is 5.45. The topological polar surface area (TPSA) is 17.1 Å². The lowest BCUT2D eigenvalue weighted by atomic mass is 9.74. The molecule has 1 nitrogen and oxygen atoms in total. The molecule has 1 aromatic carbocycles. The van der Waals surface area contributed by atoms with Crippen LogP contribution >= 0.6 is 0 Å². The van der Waals surface area contributed by atoms with Gasteiger partial charge in [0.25, 0.3) is 0 Å². The lowest BCUT2D eigenvalue weighted by Gasteiger charge is -2.29. The molecule has 0 bridgehead atoms. The molecule has 104 valence electrons. The lowest BCUT2D eigenvalue weighted by molar-refractivity contribution is -0.125. The van der Waals surface area contributed by atoms with Crippen molar-refractivity contribution in [2.75, 3.05) is 0 Å². The van der Waals surface area contributed by atoms with Crippen molar-refractivity contribution in [1.29, 1.82) is 0 Å². The minimum atomic E-state index is -0.874. The van der Waals surface area contributed by atoms with Crippen LogP contribution in [0.4, 0.5) is 8.78 Å². The van der Waals surface area contributed by atoms with E-state index in [4.69, 9.17) is 0 Å². The normalized spacial score (nSPS) is 23.3. The highest BCUT2D eigenvalue weighted by atomic mass is 19.2. The monoisotopic (exact) mass is 266 g/mol. The Bertz CT molecular complexity index is 456. The van der Waals surface area contributed by atoms with Crippen LogP contribution in [-0.2, 0) is 11.2 Å². The fraction of sp³-hybridized carbons (Fsp3) is 0.562. The van der Waals surface area contributed by atoms with Gasteiger partial charge in [0.05, 0.1) is 0 Å². The van der Waals surface area contributed by atoms with Gasteiger partial charge in [0.1, 0.15) is 5.78 Å². The molecule has 3 heteroatoms. The average Bonchev–Trinajstić information content (AvgIpc) is 2.43. The summed E-state index contributed by atoms with van der Waals surface area (Å²) >= 11 is 0. The molecule has 0 heterocycles. The quantitative estimate of drug-likeness (QED) is 0.794. The summed E-state index contributed by atoms with van der Waals surface area (Å²) in [5, 5.41) is 0. The molecule has 1 aromatic rings. The van der Waals surface area contributed by atoms with Crippen LogP contribution in [0.1, 0.15) is 44.6 Å². The van der Waals surface area contributed by atoms with Gasteiger partial charge in [-0.1, -0.05) is 32.3 Å². The summed E-state index contributed by atoms with van der Waals surface area (Å²) in [5.41, 5.74) is 0.573. The van der Waals surface area contributed by atoms with Crippen LogP contribution in [0.2, 0.25) is 0 Å². The van der Waals surface area contributed by atoms with Gasteiger partial charge >= 0.3 is 0 Å². The zero-order chi connectivity index (χ0) is 13.8. The second kappa shape index (κ2) is 6.27. The van der Waals surface area contributed by atoms with Gasteiger partial charge in [-0.3, -0.25) is 4.79 Å². The molecule has 0 amide bonds. The first-order valence-electron chi connectivity index (χ1n) is 7.08. The van der Waals surface area contributed by atoms with Crippen molar-refractivity contribution in [2.24, 2.45) is 11.8 Å². The fourth-order valence-electron chi connectivity index (χ4n) is 3.10. The van der Waals surface area contributed by atoms with Crippen molar-refractivity contribution in [1.82, 2.24) is 0 Å². The number of hydrogen-bond donors (Lipinski definition) is 0. The first kappa shape index (κ1) is 14.2. The molecule has 1 aliphatic carbocycles. The smallest absolute Gasteiger partial charge is 0.159 e. The Morgan fingerprint density at radius 2 is 1.95 bits per heavy atom. The van der Waals surface area contributed by atoms with Gasteiger partial charge in [0.2, 0.25) is 0 Å². The Labute approximate surface area is 113 Å². The standard InChI is InChI=1S/C16H20F2O/c1-2-12-5-3-4-6-13(12)16(19)10-11-7-8-14(17)15(18)9-11/h7-9,12-13H,2-6,10H2,1H3. The fourth-order valence-corrected chi connectivity index (χ4v) is 3.10. The van der Waals surface area contributed by atoms with Gasteiger partial charge in [-0.25, -0.2) is 8.78 Å². The van der Waals surface area contributed by atoms with Crippen molar-refractivity contribution in [2.45, 2.75) is 45.4 Å². The molecule has 0 radical (unpaired) electrons. The molecule has 0 spiro atoms. The average molecular weight is 266 g/mol. The van der Waals surface area contributed by atoms with E-state index in [0.29, 0.717) is 11.5 Å². The summed E-state index contributed by atoms with van der Waals surface area (Å²) in [6.07, 6.45) is 5.61. The van der Waals surface area contributed by atoms with Crippen molar-refractivity contribution < 1.29 is 13.6 Å². The number of rotatable bonds is 4. The van der Waals surface area contributed by atoms with Gasteiger partial charge in [-0.05, 0) is 36.5 Å². The molecule has 2 unspecified atom stereocenters. The maximum absolute atomic E-state index is 13.1. The number of carbonyl (C=O) groups is 1. The van der Waals surface area contributed by atoms with E-state index in [1.165, 1.54) is 12.5 Å². The van der Waals surface area contributed by atoms with Gasteiger partial charge in [-0.15, -0.1) is 0 Å². The van der Waals surface area contributed by atoms with Gasteiger partial charge in [0, 0.05) is 12.3 Å². The zero-order valence-electron chi connectivity index (χ0n) is 11.3. The van der Waals surface area contributed by atoms with Crippen LogP contribution in [0.3, 0.4) is 0 Å². The third-order valence-corrected chi connectivity index (χ3v) is 4.21. The second-order valence-electron chi connectivity index (χ2n) is 5.45. The molecule has 1 aliphatic rings. The van der Waals surface area contributed by atoms with E-state index >= 15 is 0 Å². The summed E-state index contributed by atoms with van der Waals surface area (Å²) in [5.74, 6) is -0.989. The van der Waals surface area contributed by atoms with Gasteiger partial charge < -0.3 is 0 Å². The minimum absolute atomic E-state index is 0.104. The third-order valence-electron chi connectivity index (χ3n) is 4.21. The summed E-state index contributed by atoms with van der Waals surface area (Å²) < 4.78 is 26.0. The van der Waals surface area contributed by atoms with Crippen molar-refractivity contribution in [3.8, 4) is 0 Å². The third kappa shape index (κ3) is 3.40. The van der Waals surface area contributed by atoms with Crippen LogP contribution in [0, 0.1) is 23.5 Å². The van der Waals surface area contributed by atoms with E-state index in [0.717, 1.165) is 37.8 Å². The first-order chi connectivity index (χ1) is 9.11. The first-order valence-corrected chi connectivity index (χ1v) is 7.08. The largest absolute Gasteiger partial charge is 0.299 e. The van der Waals surface area contributed by atoms with Crippen LogP contribution in [0.25, 0.3) is 0 Å². The number of hydrogen-bond acceptors (Lipinski definition) is 1. The molecule has 0 saturated heterocycles. The summed E-state index contributed by atoms with van der Waals surface area (Å²) in [6.45, 7) is 2.12. The molecule has 2 rings (SSSR count). The highest BCUT2D eigenvalue weighted by Gasteiger charge is 2.29. The van der Waals surface area contributed by atoms with Crippen molar-refractivity contribution in [3.05, 3.63) is 35.4 Å². The number of carbonyl (C=O) groups excluding carboxylic acids is 1. The molecule has 2 atom stereocenters. The summed E-state index contributed by atoms with van der Waals surface area (Å²) in [6, 6.07) is 3.73. The number of benzene rings is 1. The predicted octanol–water partition coefficient (Wildman–Crippen LogP) is 4.29. The zero-order valence-corrected chi connectivity index (χ0v) is 11.3. The van der Waals surface area contributed by atoms with Crippen molar-refractivity contribution >= 4 is 5.78 Å². The summed E-state index contributed by atoms with van der Waals surface area (Å²) in [7, 11) is 0. The van der Waals surface area contributed by atoms with E-state index in [1.54, 1.807) is 0 Å². The van der Waals surface area contributed by atoms with Crippen LogP contribution < -0.4 is 0 Å². The van der Waals surface area contributed by atoms with E-state index in [-0.39, 0.29) is 18.1 Å². The van der Waals surface area contributed by atoms with E-state index in [9.17, 15) is 13.6 Å². The number of Topliss-reactive ketones (excluding diaryl/α,β-unsaturated/α-hetero) is 1. The molecular formula is C16H20F2O. The molecular weight excluding hydrogens is 246 g/mol. The Kier molecular flexibility index (Phi) is 4.67. The Morgan fingerprint density at radius 1 is 1.21 bits per heavy atom. The molecule has 1 saturated carbocycles. The van der Waals surface area contributed by atoms with E-state index in [2.05, 4.69) is 6.92 Å². The lowest BCUT2D eigenvalue weighted by Crippen LogP contribution is -2.28. The molecule has 1 fully saturated rings. The van der Waals surface area contributed by atoms with Gasteiger partial charge in [0.15, 0.2) is 11.6 Å².